The zero-order valence-electron chi connectivity index (χ0n) is 15.2. The van der Waals surface area contributed by atoms with E-state index >= 15 is 0 Å². The van der Waals surface area contributed by atoms with Crippen molar-refractivity contribution in [2.24, 2.45) is 0 Å². The van der Waals surface area contributed by atoms with Crippen molar-refractivity contribution in [1.82, 2.24) is 5.32 Å². The van der Waals surface area contributed by atoms with Crippen LogP contribution in [0.25, 0.3) is 0 Å². The Bertz CT molecular complexity index is 393. The van der Waals surface area contributed by atoms with Crippen LogP contribution in [0.5, 0.6) is 0 Å². The molecule has 2 nitrogen and oxygen atoms in total. The fraction of sp³-hybridized carbons (Fsp3) is 0.700. The Morgan fingerprint density at radius 3 is 2.22 bits per heavy atom. The zero-order valence-corrected chi connectivity index (χ0v) is 16.0. The molecule has 2 atom stereocenters. The highest BCUT2D eigenvalue weighted by molar-refractivity contribution is 7.99. The van der Waals surface area contributed by atoms with Gasteiger partial charge in [0.05, 0.1) is 6.10 Å². The summed E-state index contributed by atoms with van der Waals surface area (Å²) in [6.45, 7) is 7.56. The first-order valence-corrected chi connectivity index (χ1v) is 10.4. The van der Waals surface area contributed by atoms with Crippen LogP contribution in [0, 0.1) is 0 Å². The third-order valence-electron chi connectivity index (χ3n) is 4.29. The van der Waals surface area contributed by atoms with Gasteiger partial charge >= 0.3 is 0 Å². The van der Waals surface area contributed by atoms with Crippen molar-refractivity contribution in [3.8, 4) is 0 Å². The van der Waals surface area contributed by atoms with Crippen LogP contribution in [-0.2, 0) is 0 Å². The van der Waals surface area contributed by atoms with Crippen molar-refractivity contribution in [2.45, 2.75) is 82.8 Å². The maximum Gasteiger partial charge on any atom is 0.0942 e. The summed E-state index contributed by atoms with van der Waals surface area (Å²) in [4.78, 5) is 1.27. The largest absolute Gasteiger partial charge is 0.387 e. The SMILES string of the molecule is CCCCCCCCNC(CC)C(O)c1ccc(SCC)cc1. The van der Waals surface area contributed by atoms with Crippen LogP contribution in [0.4, 0.5) is 0 Å². The summed E-state index contributed by atoms with van der Waals surface area (Å²) >= 11 is 1.84. The van der Waals surface area contributed by atoms with E-state index in [0.29, 0.717) is 0 Å². The van der Waals surface area contributed by atoms with E-state index in [0.717, 1.165) is 24.3 Å². The van der Waals surface area contributed by atoms with Gasteiger partial charge in [-0.25, -0.2) is 0 Å². The van der Waals surface area contributed by atoms with E-state index < -0.39 is 6.10 Å². The number of thioether (sulfide) groups is 1. The van der Waals surface area contributed by atoms with Crippen LogP contribution in [-0.4, -0.2) is 23.4 Å². The molecule has 23 heavy (non-hydrogen) atoms. The molecule has 0 aromatic heterocycles. The molecule has 0 radical (unpaired) electrons. The lowest BCUT2D eigenvalue weighted by molar-refractivity contribution is 0.126. The van der Waals surface area contributed by atoms with Gasteiger partial charge in [-0.15, -0.1) is 11.8 Å². The zero-order chi connectivity index (χ0) is 16.9. The smallest absolute Gasteiger partial charge is 0.0942 e. The molecule has 0 amide bonds. The number of aliphatic hydroxyl groups is 1. The molecule has 0 fully saturated rings. The van der Waals surface area contributed by atoms with Crippen LogP contribution >= 0.6 is 11.8 Å². The molecule has 3 heteroatoms. The van der Waals surface area contributed by atoms with Crippen LogP contribution in [0.2, 0.25) is 0 Å². The second-order valence-corrected chi connectivity index (χ2v) is 7.52. The second-order valence-electron chi connectivity index (χ2n) is 6.18. The summed E-state index contributed by atoms with van der Waals surface area (Å²) in [5.74, 6) is 1.08. The lowest BCUT2D eigenvalue weighted by Gasteiger charge is -2.23. The summed E-state index contributed by atoms with van der Waals surface area (Å²) in [7, 11) is 0. The summed E-state index contributed by atoms with van der Waals surface area (Å²) < 4.78 is 0. The molecule has 0 heterocycles. The van der Waals surface area contributed by atoms with Gasteiger partial charge in [0.25, 0.3) is 0 Å². The average molecular weight is 338 g/mol. The molecular formula is C20H35NOS. The molecular weight excluding hydrogens is 302 g/mol. The van der Waals surface area contributed by atoms with Crippen LogP contribution in [0.3, 0.4) is 0 Å². The molecule has 1 rings (SSSR count). The van der Waals surface area contributed by atoms with Gasteiger partial charge in [0.2, 0.25) is 0 Å². The first kappa shape index (κ1) is 20.5. The van der Waals surface area contributed by atoms with Gasteiger partial charge in [0.15, 0.2) is 0 Å². The Labute approximate surface area is 147 Å². The Hall–Kier alpha value is -0.510. The van der Waals surface area contributed by atoms with E-state index in [1.54, 1.807) is 0 Å². The lowest BCUT2D eigenvalue weighted by Crippen LogP contribution is -2.35. The molecule has 2 N–H and O–H groups in total. The highest BCUT2D eigenvalue weighted by Gasteiger charge is 2.18. The van der Waals surface area contributed by atoms with Crippen molar-refractivity contribution >= 4 is 11.8 Å². The molecule has 0 saturated heterocycles. The van der Waals surface area contributed by atoms with Gasteiger partial charge in [-0.05, 0) is 42.8 Å². The van der Waals surface area contributed by atoms with E-state index in [9.17, 15) is 5.11 Å². The molecule has 1 aromatic rings. The maximum absolute atomic E-state index is 10.6. The molecule has 0 saturated carbocycles. The standard InChI is InChI=1S/C20H35NOS/c1-4-7-8-9-10-11-16-21-19(5-2)20(22)17-12-14-18(15-13-17)23-6-3/h12-15,19-22H,4-11,16H2,1-3H3. The van der Waals surface area contributed by atoms with Crippen LogP contribution < -0.4 is 5.32 Å². The molecule has 0 aliphatic rings. The van der Waals surface area contributed by atoms with Crippen LogP contribution in [0.15, 0.2) is 29.2 Å². The molecule has 0 aliphatic heterocycles. The number of hydrogen-bond donors (Lipinski definition) is 2. The lowest BCUT2D eigenvalue weighted by atomic mass is 10.00. The molecule has 2 unspecified atom stereocenters. The third kappa shape index (κ3) is 8.23. The van der Waals surface area contributed by atoms with Gasteiger partial charge in [-0.3, -0.25) is 0 Å². The molecule has 132 valence electrons. The van der Waals surface area contributed by atoms with Crippen LogP contribution in [0.1, 0.15) is 77.4 Å². The van der Waals surface area contributed by atoms with Crippen molar-refractivity contribution in [3.05, 3.63) is 29.8 Å². The minimum absolute atomic E-state index is 0.148. The number of hydrogen-bond acceptors (Lipinski definition) is 3. The van der Waals surface area contributed by atoms with Crippen molar-refractivity contribution in [2.75, 3.05) is 12.3 Å². The van der Waals surface area contributed by atoms with Gasteiger partial charge in [-0.2, -0.15) is 0 Å². The monoisotopic (exact) mass is 337 g/mol. The van der Waals surface area contributed by atoms with E-state index in [1.807, 2.05) is 11.8 Å². The van der Waals surface area contributed by atoms with Gasteiger partial charge < -0.3 is 10.4 Å². The molecule has 1 aromatic carbocycles. The normalized spacial score (nSPS) is 13.9. The van der Waals surface area contributed by atoms with Gasteiger partial charge in [0.1, 0.15) is 0 Å². The molecule has 0 aliphatic carbocycles. The Morgan fingerprint density at radius 2 is 1.61 bits per heavy atom. The fourth-order valence-corrected chi connectivity index (χ4v) is 3.49. The summed E-state index contributed by atoms with van der Waals surface area (Å²) in [6, 6.07) is 8.52. The first-order valence-electron chi connectivity index (χ1n) is 9.37. The Kier molecular flexibility index (Phi) is 11.5. The predicted octanol–water partition coefficient (Wildman–Crippen LogP) is 5.56. The number of benzene rings is 1. The number of nitrogens with one attached hydrogen (secondary N) is 1. The fourth-order valence-electron chi connectivity index (χ4n) is 2.83. The summed E-state index contributed by atoms with van der Waals surface area (Å²) in [5, 5.41) is 14.1. The predicted molar refractivity (Wildman–Crippen MR) is 103 cm³/mol. The number of aliphatic hydroxyl groups excluding tert-OH is 1. The second kappa shape index (κ2) is 12.9. The number of unbranched alkanes of at least 4 members (excludes halogenated alkanes) is 5. The van der Waals surface area contributed by atoms with Gasteiger partial charge in [-0.1, -0.05) is 65.0 Å². The van der Waals surface area contributed by atoms with E-state index in [1.165, 1.54) is 43.4 Å². The topological polar surface area (TPSA) is 32.3 Å². The van der Waals surface area contributed by atoms with Crippen molar-refractivity contribution in [1.29, 1.82) is 0 Å². The summed E-state index contributed by atoms with van der Waals surface area (Å²) in [6.07, 6.45) is 8.39. The maximum atomic E-state index is 10.6. The number of rotatable bonds is 13. The highest BCUT2D eigenvalue weighted by atomic mass is 32.2. The highest BCUT2D eigenvalue weighted by Crippen LogP contribution is 2.23. The van der Waals surface area contributed by atoms with E-state index in [2.05, 4.69) is 50.4 Å². The average Bonchev–Trinajstić information content (AvgIpc) is 2.58. The Morgan fingerprint density at radius 1 is 0.957 bits per heavy atom. The Balaban J connectivity index is 2.34. The van der Waals surface area contributed by atoms with E-state index in [-0.39, 0.29) is 6.04 Å². The minimum Gasteiger partial charge on any atom is -0.387 e. The molecule has 0 bridgehead atoms. The first-order chi connectivity index (χ1) is 11.2. The van der Waals surface area contributed by atoms with E-state index in [4.69, 9.17) is 0 Å². The van der Waals surface area contributed by atoms with Gasteiger partial charge in [0, 0.05) is 10.9 Å². The van der Waals surface area contributed by atoms with Crippen molar-refractivity contribution in [3.63, 3.8) is 0 Å². The van der Waals surface area contributed by atoms with Crippen molar-refractivity contribution < 1.29 is 5.11 Å². The quantitative estimate of drug-likeness (QED) is 0.365. The summed E-state index contributed by atoms with van der Waals surface area (Å²) in [5.41, 5.74) is 1.02. The minimum atomic E-state index is -0.416. The third-order valence-corrected chi connectivity index (χ3v) is 5.18. The molecule has 0 spiro atoms.